The summed E-state index contributed by atoms with van der Waals surface area (Å²) in [5.74, 6) is 1.26. The van der Waals surface area contributed by atoms with Gasteiger partial charge in [-0.2, -0.15) is 0 Å². The summed E-state index contributed by atoms with van der Waals surface area (Å²) in [7, 11) is 3.93. The van der Waals surface area contributed by atoms with Gasteiger partial charge >= 0.3 is 5.97 Å². The van der Waals surface area contributed by atoms with Gasteiger partial charge in [0.25, 0.3) is 0 Å². The highest BCUT2D eigenvalue weighted by Gasteiger charge is 2.48. The lowest BCUT2D eigenvalue weighted by molar-refractivity contribution is -0.154. The van der Waals surface area contributed by atoms with Crippen LogP contribution >= 0.6 is 11.9 Å². The molecule has 0 aliphatic heterocycles. The number of fused-ring (bicyclic) bond motifs is 3. The highest BCUT2D eigenvalue weighted by Crippen LogP contribution is 2.50. The fourth-order valence-corrected chi connectivity index (χ4v) is 6.64. The number of nitrogens with zero attached hydrogens (tertiary/aromatic N) is 2. The van der Waals surface area contributed by atoms with Crippen molar-refractivity contribution in [3.63, 3.8) is 0 Å². The predicted molar refractivity (Wildman–Crippen MR) is 139 cm³/mol. The molecule has 186 valence electrons. The van der Waals surface area contributed by atoms with Gasteiger partial charge in [0.1, 0.15) is 6.29 Å². The van der Waals surface area contributed by atoms with E-state index in [-0.39, 0.29) is 0 Å². The number of carboxylic acids is 1. The Hall–Kier alpha value is -1.96. The topological polar surface area (TPSA) is 82.5 Å². The molecule has 2 aliphatic rings. The average Bonchev–Trinajstić information content (AvgIpc) is 2.79. The fourth-order valence-electron chi connectivity index (χ4n) is 5.67. The molecule has 2 bridgehead atoms. The normalized spacial score (nSPS) is 28.8. The van der Waals surface area contributed by atoms with Crippen LogP contribution in [0.1, 0.15) is 53.4 Å². The number of hydrogen-bond donors (Lipinski definition) is 2. The summed E-state index contributed by atoms with van der Waals surface area (Å²) in [6, 6.07) is 10.5. The van der Waals surface area contributed by atoms with Crippen molar-refractivity contribution in [2.24, 2.45) is 23.2 Å². The Kier molecular flexibility index (Phi) is 8.43. The molecule has 2 N–H and O–H groups in total. The van der Waals surface area contributed by atoms with Crippen LogP contribution in [0.4, 0.5) is 0 Å². The van der Waals surface area contributed by atoms with E-state index in [1.54, 1.807) is 18.1 Å². The van der Waals surface area contributed by atoms with Gasteiger partial charge in [-0.05, 0) is 102 Å². The molecule has 5 atom stereocenters. The van der Waals surface area contributed by atoms with Crippen LogP contribution in [-0.4, -0.2) is 52.3 Å². The van der Waals surface area contributed by atoms with Gasteiger partial charge in [-0.15, -0.1) is 0 Å². The number of aliphatic carboxylic acids is 1. The Morgan fingerprint density at radius 2 is 1.97 bits per heavy atom. The van der Waals surface area contributed by atoms with Gasteiger partial charge in [0.05, 0.1) is 16.5 Å². The molecular weight excluding hydrogens is 446 g/mol. The van der Waals surface area contributed by atoms with E-state index in [1.165, 1.54) is 12.8 Å². The first-order valence-corrected chi connectivity index (χ1v) is 12.9. The number of carbonyl (C=O) groups excluding carboxylic acids is 1. The standard InChI is InChI=1S/C14H16N2OS.C13H23NO2/c1-14(2,10-17)16(3)18-12-8-4-6-11-7-5-9-15-13(11)12;1-8-4-9-5-10(11(8)14-3)7-13(2,6-9)12(15)16/h4-10H,1-3H3;8-11,14H,4-7H2,1-3H3,(H,15,16). The molecule has 7 heteroatoms. The lowest BCUT2D eigenvalue weighted by atomic mass is 9.58. The Bertz CT molecular complexity index is 1010. The largest absolute Gasteiger partial charge is 0.481 e. The Morgan fingerprint density at radius 1 is 1.26 bits per heavy atom. The summed E-state index contributed by atoms with van der Waals surface area (Å²) < 4.78 is 1.95. The average molecular weight is 486 g/mol. The molecule has 2 aromatic rings. The van der Waals surface area contributed by atoms with Gasteiger partial charge in [-0.25, -0.2) is 4.31 Å². The summed E-state index contributed by atoms with van der Waals surface area (Å²) in [5.41, 5.74) is -0.0108. The van der Waals surface area contributed by atoms with Crippen LogP contribution in [0, 0.1) is 23.2 Å². The number of likely N-dealkylation sites (N-methyl/N-ethyl adjacent to an activating group) is 1. The molecule has 1 aromatic heterocycles. The molecule has 1 aromatic carbocycles. The van der Waals surface area contributed by atoms with Gasteiger partial charge in [0, 0.05) is 22.5 Å². The molecular formula is C27H39N3O3S. The van der Waals surface area contributed by atoms with Crippen molar-refractivity contribution in [3.8, 4) is 0 Å². The number of nitrogens with one attached hydrogen (secondary N) is 1. The molecule has 2 aliphatic carbocycles. The summed E-state index contributed by atoms with van der Waals surface area (Å²) in [5, 5.41) is 13.9. The minimum absolute atomic E-state index is 0.483. The second-order valence-corrected chi connectivity index (χ2v) is 12.0. The van der Waals surface area contributed by atoms with E-state index in [9.17, 15) is 14.7 Å². The van der Waals surface area contributed by atoms with Crippen molar-refractivity contribution < 1.29 is 14.7 Å². The van der Waals surface area contributed by atoms with Crippen LogP contribution < -0.4 is 5.32 Å². The van der Waals surface area contributed by atoms with Gasteiger partial charge in [0.15, 0.2) is 0 Å². The molecule has 0 saturated heterocycles. The zero-order valence-electron chi connectivity index (χ0n) is 21.2. The highest BCUT2D eigenvalue weighted by atomic mass is 32.2. The predicted octanol–water partition coefficient (Wildman–Crippen LogP) is 5.27. The van der Waals surface area contributed by atoms with Crippen molar-refractivity contribution in [2.75, 3.05) is 14.1 Å². The van der Waals surface area contributed by atoms with Crippen molar-refractivity contribution in [1.82, 2.24) is 14.6 Å². The number of aromatic nitrogens is 1. The van der Waals surface area contributed by atoms with E-state index in [4.69, 9.17) is 0 Å². The van der Waals surface area contributed by atoms with Crippen molar-refractivity contribution >= 4 is 35.1 Å². The molecule has 6 nitrogen and oxygen atoms in total. The SMILES string of the molecule is CN(Sc1cccc2cccnc12)C(C)(C)C=O.CNC1C(C)CC2CC1CC(C)(C(=O)O)C2. The number of hydrogen-bond acceptors (Lipinski definition) is 6. The molecule has 5 unspecified atom stereocenters. The van der Waals surface area contributed by atoms with E-state index in [2.05, 4.69) is 17.2 Å². The van der Waals surface area contributed by atoms with Crippen molar-refractivity contribution in [1.29, 1.82) is 0 Å². The van der Waals surface area contributed by atoms with Crippen LogP contribution in [0.3, 0.4) is 0 Å². The summed E-state index contributed by atoms with van der Waals surface area (Å²) in [4.78, 5) is 27.9. The second kappa shape index (κ2) is 10.8. The first-order chi connectivity index (χ1) is 16.0. The summed E-state index contributed by atoms with van der Waals surface area (Å²) in [6.45, 7) is 8.01. The molecule has 0 spiro atoms. The van der Waals surface area contributed by atoms with Gasteiger partial charge in [0.2, 0.25) is 0 Å². The number of para-hydroxylation sites is 1. The fraction of sp³-hybridized carbons (Fsp3) is 0.593. The van der Waals surface area contributed by atoms with Crippen LogP contribution in [-0.2, 0) is 9.59 Å². The highest BCUT2D eigenvalue weighted by molar-refractivity contribution is 7.97. The van der Waals surface area contributed by atoms with Crippen LogP contribution in [0.2, 0.25) is 0 Å². The van der Waals surface area contributed by atoms with Crippen molar-refractivity contribution in [3.05, 3.63) is 36.5 Å². The monoisotopic (exact) mass is 485 g/mol. The van der Waals surface area contributed by atoms with Crippen molar-refractivity contribution in [2.45, 2.75) is 69.9 Å². The second-order valence-electron chi connectivity index (χ2n) is 10.9. The number of rotatable bonds is 6. The third-order valence-corrected chi connectivity index (χ3v) is 8.97. The molecule has 1 heterocycles. The maximum atomic E-state index is 11.4. The first kappa shape index (κ1) is 26.6. The van der Waals surface area contributed by atoms with E-state index in [1.807, 2.05) is 69.5 Å². The zero-order chi connectivity index (χ0) is 25.1. The number of benzene rings is 1. The smallest absolute Gasteiger partial charge is 0.309 e. The molecule has 34 heavy (non-hydrogen) atoms. The lowest BCUT2D eigenvalue weighted by Gasteiger charge is -2.49. The number of carbonyl (C=O) groups is 2. The summed E-state index contributed by atoms with van der Waals surface area (Å²) >= 11 is 1.54. The van der Waals surface area contributed by atoms with E-state index < -0.39 is 16.9 Å². The maximum Gasteiger partial charge on any atom is 0.309 e. The molecule has 4 rings (SSSR count). The van der Waals surface area contributed by atoms with E-state index in [0.29, 0.717) is 23.8 Å². The first-order valence-electron chi connectivity index (χ1n) is 12.1. The number of carboxylic acid groups (broad SMARTS) is 1. The minimum atomic E-state index is -0.605. The zero-order valence-corrected chi connectivity index (χ0v) is 22.1. The third kappa shape index (κ3) is 5.81. The Balaban J connectivity index is 0.000000192. The van der Waals surface area contributed by atoms with Gasteiger partial charge in [-0.1, -0.05) is 25.1 Å². The molecule has 0 amide bonds. The van der Waals surface area contributed by atoms with Crippen LogP contribution in [0.15, 0.2) is 41.4 Å². The van der Waals surface area contributed by atoms with Gasteiger partial charge in [-0.3, -0.25) is 9.78 Å². The van der Waals surface area contributed by atoms with Gasteiger partial charge < -0.3 is 15.2 Å². The molecule has 2 saturated carbocycles. The van der Waals surface area contributed by atoms with Crippen LogP contribution in [0.25, 0.3) is 10.9 Å². The number of aldehydes is 1. The Labute approximate surface area is 208 Å². The quantitative estimate of drug-likeness (QED) is 0.426. The minimum Gasteiger partial charge on any atom is -0.481 e. The molecule has 2 fully saturated rings. The Morgan fingerprint density at radius 3 is 2.62 bits per heavy atom. The number of pyridine rings is 1. The maximum absolute atomic E-state index is 11.4. The lowest BCUT2D eigenvalue weighted by Crippen LogP contribution is -2.51. The van der Waals surface area contributed by atoms with Crippen LogP contribution in [0.5, 0.6) is 0 Å². The third-order valence-electron chi connectivity index (χ3n) is 7.69. The van der Waals surface area contributed by atoms with E-state index >= 15 is 0 Å². The van der Waals surface area contributed by atoms with E-state index in [0.717, 1.165) is 34.9 Å². The molecule has 0 radical (unpaired) electrons. The summed E-state index contributed by atoms with van der Waals surface area (Å²) in [6.07, 6.45) is 6.87.